The van der Waals surface area contributed by atoms with E-state index in [1.165, 1.54) is 32.1 Å². The third-order valence-corrected chi connectivity index (χ3v) is 6.75. The molecule has 1 aliphatic carbocycles. The van der Waals surface area contributed by atoms with Crippen LogP contribution >= 0.6 is 0 Å². The first-order chi connectivity index (χ1) is 17.7. The van der Waals surface area contributed by atoms with Gasteiger partial charge in [0.15, 0.2) is 5.58 Å². The molecule has 0 aliphatic heterocycles. The molecule has 188 valence electrons. The molecule has 0 saturated heterocycles. The van der Waals surface area contributed by atoms with Gasteiger partial charge in [0.05, 0.1) is 19.8 Å². The fourth-order valence-electron chi connectivity index (χ4n) is 4.86. The van der Waals surface area contributed by atoms with Crippen molar-refractivity contribution in [1.29, 1.82) is 0 Å². The normalized spacial score (nSPS) is 14.2. The molecule has 3 aromatic carbocycles. The third-order valence-electron chi connectivity index (χ3n) is 6.75. The maximum atomic E-state index is 11.5. The Balaban J connectivity index is 1.28. The number of esters is 1. The zero-order valence-corrected chi connectivity index (χ0v) is 20.8. The minimum atomic E-state index is -0.189. The van der Waals surface area contributed by atoms with Crippen molar-refractivity contribution in [3.05, 3.63) is 54.6 Å². The van der Waals surface area contributed by atoms with Gasteiger partial charge in [0.25, 0.3) is 0 Å². The van der Waals surface area contributed by atoms with E-state index >= 15 is 0 Å². The lowest BCUT2D eigenvalue weighted by atomic mass is 9.90. The summed E-state index contributed by atoms with van der Waals surface area (Å²) in [5.74, 6) is 2.65. The molecule has 6 heteroatoms. The summed E-state index contributed by atoms with van der Waals surface area (Å²) in [5.41, 5.74) is 2.47. The molecule has 0 N–H and O–H groups in total. The number of oxazole rings is 1. The average molecular weight is 488 g/mol. The van der Waals surface area contributed by atoms with E-state index in [0.29, 0.717) is 37.9 Å². The number of carbonyl (C=O) groups excluding carboxylic acids is 1. The van der Waals surface area contributed by atoms with Crippen molar-refractivity contribution < 1.29 is 23.4 Å². The van der Waals surface area contributed by atoms with Gasteiger partial charge >= 0.3 is 5.97 Å². The molecule has 0 radical (unpaired) electrons. The highest BCUT2D eigenvalue weighted by atomic mass is 16.5. The lowest BCUT2D eigenvalue weighted by Gasteiger charge is -2.21. The summed E-state index contributed by atoms with van der Waals surface area (Å²) in [6.07, 6.45) is 7.47. The lowest BCUT2D eigenvalue weighted by molar-refractivity contribution is -0.143. The molecule has 1 fully saturated rings. The van der Waals surface area contributed by atoms with Crippen molar-refractivity contribution in [3.63, 3.8) is 0 Å². The fraction of sp³-hybridized carbons (Fsp3) is 0.400. The van der Waals surface area contributed by atoms with Gasteiger partial charge in [0, 0.05) is 18.1 Å². The van der Waals surface area contributed by atoms with E-state index in [1.807, 2.05) is 61.5 Å². The summed E-state index contributed by atoms with van der Waals surface area (Å²) in [7, 11) is 0. The lowest BCUT2D eigenvalue weighted by Crippen LogP contribution is -2.15. The Hall–Kier alpha value is -3.54. The molecule has 5 rings (SSSR count). The fourth-order valence-corrected chi connectivity index (χ4v) is 4.86. The Morgan fingerprint density at radius 2 is 1.83 bits per heavy atom. The van der Waals surface area contributed by atoms with Gasteiger partial charge < -0.3 is 18.6 Å². The summed E-state index contributed by atoms with van der Waals surface area (Å²) in [6, 6.07) is 17.9. The van der Waals surface area contributed by atoms with E-state index < -0.39 is 0 Å². The largest absolute Gasteiger partial charge is 0.494 e. The number of aromatic nitrogens is 1. The predicted molar refractivity (Wildman–Crippen MR) is 140 cm³/mol. The Bertz CT molecular complexity index is 1320. The molecule has 36 heavy (non-hydrogen) atoms. The van der Waals surface area contributed by atoms with Gasteiger partial charge in [-0.05, 0) is 79.3 Å². The highest BCUT2D eigenvalue weighted by molar-refractivity contribution is 5.96. The van der Waals surface area contributed by atoms with Crippen LogP contribution in [0, 0.1) is 5.92 Å². The first-order valence-corrected chi connectivity index (χ1v) is 13.0. The molecule has 6 nitrogen and oxygen atoms in total. The SMILES string of the molecule is CCOC(=O)CCCOc1ccc2c(-c3nc4ccc(OCC5CCCCC5)cc4o3)cccc2c1. The van der Waals surface area contributed by atoms with Crippen LogP contribution in [0.5, 0.6) is 11.5 Å². The Morgan fingerprint density at radius 1 is 1.00 bits per heavy atom. The summed E-state index contributed by atoms with van der Waals surface area (Å²) < 4.78 is 23.1. The predicted octanol–water partition coefficient (Wildman–Crippen LogP) is 7.33. The second-order valence-corrected chi connectivity index (χ2v) is 9.41. The van der Waals surface area contributed by atoms with E-state index in [1.54, 1.807) is 0 Å². The molecule has 0 unspecified atom stereocenters. The van der Waals surface area contributed by atoms with E-state index in [4.69, 9.17) is 23.6 Å². The smallest absolute Gasteiger partial charge is 0.305 e. The van der Waals surface area contributed by atoms with Gasteiger partial charge in [-0.25, -0.2) is 4.98 Å². The topological polar surface area (TPSA) is 70.8 Å². The molecular formula is C30H33NO5. The summed E-state index contributed by atoms with van der Waals surface area (Å²) in [6.45, 7) is 3.44. The molecule has 4 aromatic rings. The molecule has 1 heterocycles. The molecule has 0 atom stereocenters. The molecule has 0 spiro atoms. The second kappa shape index (κ2) is 11.5. The Labute approximate surface area is 211 Å². The highest BCUT2D eigenvalue weighted by Gasteiger charge is 2.16. The third kappa shape index (κ3) is 5.81. The van der Waals surface area contributed by atoms with Crippen molar-refractivity contribution in [1.82, 2.24) is 4.98 Å². The zero-order valence-electron chi connectivity index (χ0n) is 20.8. The van der Waals surface area contributed by atoms with Crippen LogP contribution in [0.4, 0.5) is 0 Å². The van der Waals surface area contributed by atoms with Crippen LogP contribution in [0.25, 0.3) is 33.3 Å². The Morgan fingerprint density at radius 3 is 2.69 bits per heavy atom. The number of hydrogen-bond acceptors (Lipinski definition) is 6. The minimum Gasteiger partial charge on any atom is -0.494 e. The average Bonchev–Trinajstić information content (AvgIpc) is 3.33. The Kier molecular flexibility index (Phi) is 7.70. The zero-order chi connectivity index (χ0) is 24.7. The van der Waals surface area contributed by atoms with E-state index in [9.17, 15) is 4.79 Å². The van der Waals surface area contributed by atoms with Gasteiger partial charge in [-0.3, -0.25) is 4.79 Å². The number of benzene rings is 3. The van der Waals surface area contributed by atoms with E-state index in [-0.39, 0.29) is 5.97 Å². The molecular weight excluding hydrogens is 454 g/mol. The molecule has 0 bridgehead atoms. The quantitative estimate of drug-likeness (QED) is 0.172. The highest BCUT2D eigenvalue weighted by Crippen LogP contribution is 2.33. The first-order valence-electron chi connectivity index (χ1n) is 13.0. The van der Waals surface area contributed by atoms with Gasteiger partial charge in [-0.15, -0.1) is 0 Å². The summed E-state index contributed by atoms with van der Waals surface area (Å²) in [4.78, 5) is 16.2. The van der Waals surface area contributed by atoms with Crippen LogP contribution in [0.1, 0.15) is 51.9 Å². The van der Waals surface area contributed by atoms with E-state index in [0.717, 1.165) is 45.5 Å². The van der Waals surface area contributed by atoms with Crippen LogP contribution in [0.2, 0.25) is 0 Å². The number of fused-ring (bicyclic) bond motifs is 2. The summed E-state index contributed by atoms with van der Waals surface area (Å²) in [5, 5.41) is 2.07. The van der Waals surface area contributed by atoms with Gasteiger partial charge in [-0.2, -0.15) is 0 Å². The molecule has 1 aromatic heterocycles. The van der Waals surface area contributed by atoms with Gasteiger partial charge in [0.2, 0.25) is 5.89 Å². The van der Waals surface area contributed by atoms with Crippen molar-refractivity contribution >= 4 is 27.8 Å². The standard InChI is InChI=1S/C30H33NO5/c1-2-33-29(32)12-7-17-34-23-13-15-25-22(18-23)10-6-11-26(25)30-31-27-16-14-24(19-28(27)36-30)35-20-21-8-4-3-5-9-21/h6,10-11,13-16,18-19,21H,2-5,7-9,12,17,20H2,1H3. The first kappa shape index (κ1) is 24.2. The van der Waals surface area contributed by atoms with Crippen LogP contribution < -0.4 is 9.47 Å². The number of rotatable bonds is 10. The van der Waals surface area contributed by atoms with Crippen molar-refractivity contribution in [2.45, 2.75) is 51.9 Å². The van der Waals surface area contributed by atoms with Crippen molar-refractivity contribution in [3.8, 4) is 23.0 Å². The maximum absolute atomic E-state index is 11.5. The van der Waals surface area contributed by atoms with Gasteiger partial charge in [0.1, 0.15) is 17.0 Å². The number of hydrogen-bond donors (Lipinski definition) is 0. The molecule has 0 amide bonds. The monoisotopic (exact) mass is 487 g/mol. The van der Waals surface area contributed by atoms with Crippen LogP contribution in [-0.2, 0) is 9.53 Å². The maximum Gasteiger partial charge on any atom is 0.305 e. The molecule has 1 saturated carbocycles. The van der Waals surface area contributed by atoms with Gasteiger partial charge in [-0.1, -0.05) is 31.4 Å². The minimum absolute atomic E-state index is 0.189. The van der Waals surface area contributed by atoms with E-state index in [2.05, 4.69) is 0 Å². The van der Waals surface area contributed by atoms with Crippen LogP contribution in [0.3, 0.4) is 0 Å². The van der Waals surface area contributed by atoms with Crippen LogP contribution in [-0.4, -0.2) is 30.8 Å². The number of nitrogens with zero attached hydrogens (tertiary/aromatic N) is 1. The number of ether oxygens (including phenoxy) is 3. The molecule has 1 aliphatic rings. The second-order valence-electron chi connectivity index (χ2n) is 9.41. The summed E-state index contributed by atoms with van der Waals surface area (Å²) >= 11 is 0. The van der Waals surface area contributed by atoms with Crippen molar-refractivity contribution in [2.24, 2.45) is 5.92 Å². The van der Waals surface area contributed by atoms with Crippen molar-refractivity contribution in [2.75, 3.05) is 19.8 Å². The van der Waals surface area contributed by atoms with Crippen LogP contribution in [0.15, 0.2) is 59.0 Å². The number of carbonyl (C=O) groups is 1.